The minimum atomic E-state index is -0.931. The van der Waals surface area contributed by atoms with Crippen molar-refractivity contribution in [2.75, 3.05) is 20.3 Å². The van der Waals surface area contributed by atoms with E-state index in [0.717, 1.165) is 57.6 Å². The number of ketones is 1. The van der Waals surface area contributed by atoms with Crippen molar-refractivity contribution in [1.82, 2.24) is 25.5 Å². The summed E-state index contributed by atoms with van der Waals surface area (Å²) in [4.78, 5) is 76.9. The number of nitrogens with zero attached hydrogens (tertiary/aromatic N) is 3. The highest BCUT2D eigenvalue weighted by Crippen LogP contribution is 2.43. The van der Waals surface area contributed by atoms with Gasteiger partial charge in [0.2, 0.25) is 11.8 Å². The molecule has 0 bridgehead atoms. The van der Waals surface area contributed by atoms with Gasteiger partial charge in [-0.05, 0) is 69.6 Å². The number of methoxy groups -OCH3 is 1. The zero-order valence-electron chi connectivity index (χ0n) is 28.4. The molecule has 2 saturated carbocycles. The van der Waals surface area contributed by atoms with Crippen molar-refractivity contribution >= 4 is 29.5 Å². The normalized spacial score (nSPS) is 23.3. The number of ether oxygens (including phenoxy) is 2. The second kappa shape index (κ2) is 14.6. The van der Waals surface area contributed by atoms with E-state index < -0.39 is 46.9 Å². The smallest absolute Gasteiger partial charge is 0.358 e. The largest absolute Gasteiger partial charge is 0.464 e. The number of Topliss-reactive ketones (excluding diaryl/α,β-unsaturated/α-hetero) is 1. The quantitative estimate of drug-likeness (QED) is 0.365. The van der Waals surface area contributed by atoms with Crippen LogP contribution in [0.15, 0.2) is 12.4 Å². The average molecular weight is 642 g/mol. The highest BCUT2D eigenvalue weighted by atomic mass is 16.5. The number of nitrogens with one attached hydrogen (secondary N) is 2. The first-order valence-electron chi connectivity index (χ1n) is 16.6. The Labute approximate surface area is 272 Å². The molecule has 0 spiro atoms. The topological polar surface area (TPSA) is 157 Å². The van der Waals surface area contributed by atoms with Crippen LogP contribution in [0.25, 0.3) is 0 Å². The summed E-state index contributed by atoms with van der Waals surface area (Å²) in [6.45, 7) is 11.7. The fourth-order valence-corrected chi connectivity index (χ4v) is 7.10. The summed E-state index contributed by atoms with van der Waals surface area (Å²) in [5.41, 5.74) is -1.27. The third-order valence-corrected chi connectivity index (χ3v) is 9.52. The molecule has 1 aromatic rings. The molecule has 5 atom stereocenters. The molecule has 12 nitrogen and oxygen atoms in total. The number of aromatic nitrogens is 2. The molecule has 254 valence electrons. The number of hydrogen-bond donors (Lipinski definition) is 2. The van der Waals surface area contributed by atoms with E-state index in [1.807, 2.05) is 41.5 Å². The summed E-state index contributed by atoms with van der Waals surface area (Å²) < 4.78 is 10.5. The SMILES string of the molecule is COC(=O)c1cnc(C(=O)N[C@H](C(=O)N[C@H](C(=O)N2C[C@@H]3CCCC3[C@H]2C(=O)COC(C)(C)C)C(C)(C)C)C2CCCCC2)cn1. The highest BCUT2D eigenvalue weighted by molar-refractivity contribution is 5.98. The molecular formula is C34H51N5O7. The maximum absolute atomic E-state index is 14.4. The Kier molecular flexibility index (Phi) is 11.2. The predicted octanol–water partition coefficient (Wildman–Crippen LogP) is 3.48. The Morgan fingerprint density at radius 1 is 0.891 bits per heavy atom. The fourth-order valence-electron chi connectivity index (χ4n) is 7.10. The predicted molar refractivity (Wildman–Crippen MR) is 170 cm³/mol. The molecule has 1 saturated heterocycles. The van der Waals surface area contributed by atoms with Gasteiger partial charge in [-0.25, -0.2) is 14.8 Å². The van der Waals surface area contributed by atoms with Crippen LogP contribution in [-0.4, -0.2) is 88.3 Å². The number of carbonyl (C=O) groups excluding carboxylic acids is 5. The van der Waals surface area contributed by atoms with Crippen LogP contribution in [0.2, 0.25) is 0 Å². The van der Waals surface area contributed by atoms with E-state index in [4.69, 9.17) is 4.74 Å². The van der Waals surface area contributed by atoms with Crippen LogP contribution in [-0.2, 0) is 23.9 Å². The van der Waals surface area contributed by atoms with Crippen LogP contribution in [0.3, 0.4) is 0 Å². The molecule has 3 fully saturated rings. The molecule has 3 aliphatic rings. The van der Waals surface area contributed by atoms with Gasteiger partial charge in [0.15, 0.2) is 11.5 Å². The zero-order chi connectivity index (χ0) is 33.8. The van der Waals surface area contributed by atoms with Crippen molar-refractivity contribution in [1.29, 1.82) is 0 Å². The van der Waals surface area contributed by atoms with Crippen molar-refractivity contribution in [3.63, 3.8) is 0 Å². The molecule has 4 rings (SSSR count). The van der Waals surface area contributed by atoms with E-state index in [0.29, 0.717) is 6.54 Å². The van der Waals surface area contributed by atoms with Gasteiger partial charge >= 0.3 is 5.97 Å². The lowest BCUT2D eigenvalue weighted by Crippen LogP contribution is -2.61. The maximum Gasteiger partial charge on any atom is 0.358 e. The highest BCUT2D eigenvalue weighted by Gasteiger charge is 2.52. The molecular weight excluding hydrogens is 590 g/mol. The average Bonchev–Trinajstić information content (AvgIpc) is 3.62. The second-order valence-corrected chi connectivity index (χ2v) is 15.1. The van der Waals surface area contributed by atoms with Gasteiger partial charge in [-0.15, -0.1) is 0 Å². The number of hydrogen-bond acceptors (Lipinski definition) is 9. The van der Waals surface area contributed by atoms with Gasteiger partial charge in [0.25, 0.3) is 5.91 Å². The van der Waals surface area contributed by atoms with Crippen molar-refractivity contribution in [3.8, 4) is 0 Å². The number of likely N-dealkylation sites (tertiary alicyclic amines) is 1. The van der Waals surface area contributed by atoms with Crippen molar-refractivity contribution in [3.05, 3.63) is 23.8 Å². The molecule has 1 aliphatic heterocycles. The lowest BCUT2D eigenvalue weighted by Gasteiger charge is -2.38. The number of esters is 1. The first kappa shape index (κ1) is 35.4. The van der Waals surface area contributed by atoms with Gasteiger partial charge < -0.3 is 25.0 Å². The Morgan fingerprint density at radius 2 is 1.54 bits per heavy atom. The van der Waals surface area contributed by atoms with E-state index >= 15 is 0 Å². The lowest BCUT2D eigenvalue weighted by molar-refractivity contribution is -0.147. The molecule has 1 unspecified atom stereocenters. The van der Waals surface area contributed by atoms with E-state index in [-0.39, 0.29) is 47.4 Å². The van der Waals surface area contributed by atoms with Crippen LogP contribution < -0.4 is 10.6 Å². The lowest BCUT2D eigenvalue weighted by atomic mass is 9.82. The molecule has 1 aromatic heterocycles. The first-order chi connectivity index (χ1) is 21.6. The number of rotatable bonds is 10. The Bertz CT molecular complexity index is 1280. The molecule has 2 aliphatic carbocycles. The zero-order valence-corrected chi connectivity index (χ0v) is 28.4. The van der Waals surface area contributed by atoms with Crippen LogP contribution in [0.4, 0.5) is 0 Å². The van der Waals surface area contributed by atoms with Crippen molar-refractivity contribution < 1.29 is 33.4 Å². The van der Waals surface area contributed by atoms with Crippen LogP contribution in [0.5, 0.6) is 0 Å². The van der Waals surface area contributed by atoms with E-state index in [1.54, 1.807) is 4.90 Å². The summed E-state index contributed by atoms with van der Waals surface area (Å²) in [5, 5.41) is 5.87. The Hall–Kier alpha value is -3.41. The number of carbonyl (C=O) groups is 5. The van der Waals surface area contributed by atoms with Gasteiger partial charge in [-0.2, -0.15) is 0 Å². The summed E-state index contributed by atoms with van der Waals surface area (Å²) in [6.07, 6.45) is 9.60. The monoisotopic (exact) mass is 641 g/mol. The summed E-state index contributed by atoms with van der Waals surface area (Å²) in [5.74, 6) is -1.95. The minimum absolute atomic E-state index is 0.0417. The van der Waals surface area contributed by atoms with Gasteiger partial charge in [0.1, 0.15) is 24.4 Å². The second-order valence-electron chi connectivity index (χ2n) is 15.1. The molecule has 0 aromatic carbocycles. The molecule has 46 heavy (non-hydrogen) atoms. The van der Waals surface area contributed by atoms with E-state index in [2.05, 4.69) is 25.3 Å². The number of amides is 3. The Balaban J connectivity index is 1.56. The summed E-state index contributed by atoms with van der Waals surface area (Å²) >= 11 is 0. The van der Waals surface area contributed by atoms with Crippen LogP contribution in [0.1, 0.15) is 114 Å². The van der Waals surface area contributed by atoms with Crippen molar-refractivity contribution in [2.45, 2.75) is 117 Å². The van der Waals surface area contributed by atoms with Gasteiger partial charge in [-0.3, -0.25) is 19.2 Å². The molecule has 12 heteroatoms. The Morgan fingerprint density at radius 3 is 2.13 bits per heavy atom. The molecule has 2 heterocycles. The van der Waals surface area contributed by atoms with Crippen molar-refractivity contribution in [2.24, 2.45) is 23.2 Å². The summed E-state index contributed by atoms with van der Waals surface area (Å²) in [6, 6.07) is -2.44. The van der Waals surface area contributed by atoms with Gasteiger partial charge in [0, 0.05) is 6.54 Å². The van der Waals surface area contributed by atoms with Gasteiger partial charge in [-0.1, -0.05) is 46.5 Å². The summed E-state index contributed by atoms with van der Waals surface area (Å²) in [7, 11) is 1.22. The maximum atomic E-state index is 14.4. The third-order valence-electron chi connectivity index (χ3n) is 9.52. The van der Waals surface area contributed by atoms with Crippen LogP contribution in [0, 0.1) is 23.2 Å². The first-order valence-corrected chi connectivity index (χ1v) is 16.6. The standard InChI is InChI=1S/C34H51N5O7/c1-33(2,3)28(31(43)39-18-21-14-11-15-22(21)27(39)25(40)19-46-34(4,5)6)38-30(42)26(20-12-9-8-10-13-20)37-29(41)23-16-36-24(17-35-23)32(44)45-7/h16-17,20-22,26-28H,8-15,18-19H2,1-7H3,(H,37,41)(H,38,42)/t21-,22?,26-,27-,28+/m0/s1. The molecule has 3 amide bonds. The minimum Gasteiger partial charge on any atom is -0.464 e. The van der Waals surface area contributed by atoms with E-state index in [1.165, 1.54) is 13.3 Å². The fraction of sp³-hybridized carbons (Fsp3) is 0.735. The van der Waals surface area contributed by atoms with Crippen LogP contribution >= 0.6 is 0 Å². The van der Waals surface area contributed by atoms with E-state index in [9.17, 15) is 24.0 Å². The van der Waals surface area contributed by atoms with Gasteiger partial charge in [0.05, 0.1) is 31.1 Å². The number of fused-ring (bicyclic) bond motifs is 1. The third kappa shape index (κ3) is 8.49. The molecule has 2 N–H and O–H groups in total. The molecule has 0 radical (unpaired) electrons.